The lowest BCUT2D eigenvalue weighted by Crippen LogP contribution is -2.41. The normalized spacial score (nSPS) is 19.0. The summed E-state index contributed by atoms with van der Waals surface area (Å²) in [5.74, 6) is 0.342. The van der Waals surface area contributed by atoms with Gasteiger partial charge in [-0.25, -0.2) is 12.7 Å². The van der Waals surface area contributed by atoms with Gasteiger partial charge in [-0.05, 0) is 29.9 Å². The largest absolute Gasteiger partial charge is 0.376 e. The summed E-state index contributed by atoms with van der Waals surface area (Å²) in [5, 5.41) is 0. The summed E-state index contributed by atoms with van der Waals surface area (Å²) in [5.41, 5.74) is 1.98. The first-order valence-corrected chi connectivity index (χ1v) is 10.4. The maximum atomic E-state index is 12.7. The molecule has 1 atom stereocenters. The van der Waals surface area contributed by atoms with Crippen LogP contribution >= 0.6 is 0 Å². The Balaban J connectivity index is 1.52. The highest BCUT2D eigenvalue weighted by Crippen LogP contribution is 2.22. The lowest BCUT2D eigenvalue weighted by molar-refractivity contribution is 0.0672. The number of rotatable bonds is 7. The third-order valence-corrected chi connectivity index (χ3v) is 6.35. The fourth-order valence-electron chi connectivity index (χ4n) is 3.21. The predicted molar refractivity (Wildman–Crippen MR) is 99.5 cm³/mol. The van der Waals surface area contributed by atoms with Gasteiger partial charge in [-0.15, -0.1) is 0 Å². The van der Waals surface area contributed by atoms with Gasteiger partial charge in [-0.3, -0.25) is 0 Å². The molecular weight excluding hydrogens is 334 g/mol. The Morgan fingerprint density at radius 3 is 2.28 bits per heavy atom. The van der Waals surface area contributed by atoms with Gasteiger partial charge >= 0.3 is 0 Å². The van der Waals surface area contributed by atoms with Crippen LogP contribution in [0.25, 0.3) is 0 Å². The molecule has 0 radical (unpaired) electrons. The first-order chi connectivity index (χ1) is 12.1. The SMILES string of the molecule is O=S(=O)(Cc1ccccc1)N1CCCC(COCc2ccccc2)C1. The summed E-state index contributed by atoms with van der Waals surface area (Å²) in [6.45, 7) is 2.36. The van der Waals surface area contributed by atoms with E-state index in [2.05, 4.69) is 0 Å². The monoisotopic (exact) mass is 359 g/mol. The van der Waals surface area contributed by atoms with Crippen LogP contribution in [0.5, 0.6) is 0 Å². The van der Waals surface area contributed by atoms with Gasteiger partial charge in [0.25, 0.3) is 0 Å². The molecule has 4 nitrogen and oxygen atoms in total. The third-order valence-electron chi connectivity index (χ3n) is 4.53. The Labute approximate surface area is 150 Å². The number of piperidine rings is 1. The molecule has 1 aliphatic rings. The highest BCUT2D eigenvalue weighted by Gasteiger charge is 2.29. The first-order valence-electron chi connectivity index (χ1n) is 8.77. The van der Waals surface area contributed by atoms with E-state index in [4.69, 9.17) is 4.74 Å². The van der Waals surface area contributed by atoms with Crippen LogP contribution in [0.2, 0.25) is 0 Å². The van der Waals surface area contributed by atoms with Crippen LogP contribution in [0.4, 0.5) is 0 Å². The van der Waals surface area contributed by atoms with Gasteiger partial charge in [0.2, 0.25) is 10.0 Å². The molecule has 3 rings (SSSR count). The molecule has 0 aliphatic carbocycles. The highest BCUT2D eigenvalue weighted by molar-refractivity contribution is 7.88. The third kappa shape index (κ3) is 5.39. The summed E-state index contributed by atoms with van der Waals surface area (Å²) in [7, 11) is -3.27. The maximum Gasteiger partial charge on any atom is 0.218 e. The molecule has 0 aromatic heterocycles. The zero-order valence-corrected chi connectivity index (χ0v) is 15.2. The quantitative estimate of drug-likeness (QED) is 0.761. The van der Waals surface area contributed by atoms with Gasteiger partial charge in [0.1, 0.15) is 0 Å². The number of hydrogen-bond acceptors (Lipinski definition) is 3. The molecule has 1 aliphatic heterocycles. The van der Waals surface area contributed by atoms with Crippen molar-refractivity contribution in [1.29, 1.82) is 0 Å². The lowest BCUT2D eigenvalue weighted by atomic mass is 10.0. The molecule has 0 spiro atoms. The van der Waals surface area contributed by atoms with E-state index in [1.54, 1.807) is 4.31 Å². The summed E-state index contributed by atoms with van der Waals surface area (Å²) in [6, 6.07) is 19.4. The zero-order valence-electron chi connectivity index (χ0n) is 14.4. The van der Waals surface area contributed by atoms with Crippen molar-refractivity contribution >= 4 is 10.0 Å². The van der Waals surface area contributed by atoms with Crippen LogP contribution in [0.15, 0.2) is 60.7 Å². The molecule has 1 fully saturated rings. The van der Waals surface area contributed by atoms with Crippen LogP contribution in [0.1, 0.15) is 24.0 Å². The molecule has 0 bridgehead atoms. The molecule has 0 amide bonds. The van der Waals surface area contributed by atoms with Gasteiger partial charge < -0.3 is 4.74 Å². The van der Waals surface area contributed by atoms with Crippen LogP contribution < -0.4 is 0 Å². The smallest absolute Gasteiger partial charge is 0.218 e. The van der Waals surface area contributed by atoms with E-state index in [-0.39, 0.29) is 11.7 Å². The molecule has 1 heterocycles. The van der Waals surface area contributed by atoms with E-state index in [9.17, 15) is 8.42 Å². The molecular formula is C20H25NO3S. The van der Waals surface area contributed by atoms with E-state index in [1.165, 1.54) is 0 Å². The lowest BCUT2D eigenvalue weighted by Gasteiger charge is -2.31. The second-order valence-electron chi connectivity index (χ2n) is 6.61. The van der Waals surface area contributed by atoms with Crippen molar-refractivity contribution in [3.63, 3.8) is 0 Å². The molecule has 0 N–H and O–H groups in total. The average molecular weight is 359 g/mol. The second-order valence-corrected chi connectivity index (χ2v) is 8.58. The Morgan fingerprint density at radius 1 is 0.960 bits per heavy atom. The summed E-state index contributed by atoms with van der Waals surface area (Å²) in [4.78, 5) is 0. The minimum Gasteiger partial charge on any atom is -0.376 e. The zero-order chi connectivity index (χ0) is 17.5. The standard InChI is InChI=1S/C20H25NO3S/c22-25(23,17-19-10-5-2-6-11-19)21-13-7-12-20(14-21)16-24-15-18-8-3-1-4-9-18/h1-6,8-11,20H,7,12-17H2. The molecule has 2 aromatic carbocycles. The number of nitrogens with zero attached hydrogens (tertiary/aromatic N) is 1. The van der Waals surface area contributed by atoms with E-state index in [0.29, 0.717) is 26.3 Å². The molecule has 25 heavy (non-hydrogen) atoms. The van der Waals surface area contributed by atoms with Crippen LogP contribution in [0.3, 0.4) is 0 Å². The summed E-state index contributed by atoms with van der Waals surface area (Å²) >= 11 is 0. The first kappa shape index (κ1) is 18.1. The molecule has 5 heteroatoms. The summed E-state index contributed by atoms with van der Waals surface area (Å²) < 4.78 is 32.8. The van der Waals surface area contributed by atoms with Gasteiger partial charge in [0.15, 0.2) is 0 Å². The van der Waals surface area contributed by atoms with Crippen molar-refractivity contribution in [2.24, 2.45) is 5.92 Å². The number of sulfonamides is 1. The Bertz CT molecular complexity index is 747. The minimum absolute atomic E-state index is 0.0748. The fourth-order valence-corrected chi connectivity index (χ4v) is 4.85. The van der Waals surface area contributed by atoms with E-state index >= 15 is 0 Å². The van der Waals surface area contributed by atoms with Crippen molar-refractivity contribution < 1.29 is 13.2 Å². The van der Waals surface area contributed by atoms with Crippen LogP contribution in [0, 0.1) is 5.92 Å². The van der Waals surface area contributed by atoms with Gasteiger partial charge in [0.05, 0.1) is 19.0 Å². The topological polar surface area (TPSA) is 46.6 Å². The van der Waals surface area contributed by atoms with Gasteiger partial charge in [-0.1, -0.05) is 60.7 Å². The Kier molecular flexibility index (Phi) is 6.24. The van der Waals surface area contributed by atoms with Crippen molar-refractivity contribution in [2.75, 3.05) is 19.7 Å². The highest BCUT2D eigenvalue weighted by atomic mass is 32.2. The average Bonchev–Trinajstić information content (AvgIpc) is 2.63. The number of benzene rings is 2. The Morgan fingerprint density at radius 2 is 1.60 bits per heavy atom. The fraction of sp³-hybridized carbons (Fsp3) is 0.400. The molecule has 0 saturated carbocycles. The second kappa shape index (κ2) is 8.61. The summed E-state index contributed by atoms with van der Waals surface area (Å²) in [6.07, 6.45) is 1.92. The number of hydrogen-bond donors (Lipinski definition) is 0. The Hall–Kier alpha value is -1.69. The van der Waals surface area contributed by atoms with Gasteiger partial charge in [0, 0.05) is 13.1 Å². The molecule has 134 valence electrons. The van der Waals surface area contributed by atoms with Crippen molar-refractivity contribution in [3.05, 3.63) is 71.8 Å². The molecule has 2 aromatic rings. The van der Waals surface area contributed by atoms with E-state index in [1.807, 2.05) is 60.7 Å². The molecule has 1 saturated heterocycles. The maximum absolute atomic E-state index is 12.7. The van der Waals surface area contributed by atoms with Crippen molar-refractivity contribution in [1.82, 2.24) is 4.31 Å². The van der Waals surface area contributed by atoms with Crippen molar-refractivity contribution in [2.45, 2.75) is 25.2 Å². The molecule has 1 unspecified atom stereocenters. The van der Waals surface area contributed by atoms with Crippen molar-refractivity contribution in [3.8, 4) is 0 Å². The van der Waals surface area contributed by atoms with Gasteiger partial charge in [-0.2, -0.15) is 0 Å². The predicted octanol–water partition coefficient (Wildman–Crippen LogP) is 3.45. The van der Waals surface area contributed by atoms with Crippen LogP contribution in [-0.4, -0.2) is 32.4 Å². The number of ether oxygens (including phenoxy) is 1. The van der Waals surface area contributed by atoms with E-state index in [0.717, 1.165) is 24.0 Å². The van der Waals surface area contributed by atoms with Crippen LogP contribution in [-0.2, 0) is 27.1 Å². The minimum atomic E-state index is -3.27. The van der Waals surface area contributed by atoms with E-state index < -0.39 is 10.0 Å².